The summed E-state index contributed by atoms with van der Waals surface area (Å²) < 4.78 is 16.8. The number of ether oxygens (including phenoxy) is 3. The summed E-state index contributed by atoms with van der Waals surface area (Å²) in [4.78, 5) is 38.0. The zero-order valence-electron chi connectivity index (χ0n) is 42.5. The molecule has 0 fully saturated rings. The summed E-state index contributed by atoms with van der Waals surface area (Å²) in [5.41, 5.74) is 0. The molecule has 0 saturated carbocycles. The van der Waals surface area contributed by atoms with E-state index in [1.807, 2.05) is 0 Å². The molecule has 0 amide bonds. The molecule has 1 unspecified atom stereocenters. The molecule has 0 aliphatic carbocycles. The number of carbonyl (C=O) groups excluding carboxylic acids is 3. The van der Waals surface area contributed by atoms with E-state index in [0.29, 0.717) is 19.3 Å². The lowest BCUT2D eigenvalue weighted by Crippen LogP contribution is -2.30. The van der Waals surface area contributed by atoms with Crippen molar-refractivity contribution in [1.29, 1.82) is 0 Å². The molecule has 0 bridgehead atoms. The largest absolute Gasteiger partial charge is 0.462 e. The van der Waals surface area contributed by atoms with Gasteiger partial charge < -0.3 is 14.2 Å². The van der Waals surface area contributed by atoms with Gasteiger partial charge in [-0.05, 0) is 77.0 Å². The molecule has 6 heteroatoms. The van der Waals surface area contributed by atoms with Crippen LogP contribution in [0.4, 0.5) is 0 Å². The molecule has 6 nitrogen and oxygen atoms in total. The number of esters is 3. The van der Waals surface area contributed by atoms with Crippen molar-refractivity contribution >= 4 is 17.9 Å². The Bertz CT molecular complexity index is 1270. The van der Waals surface area contributed by atoms with Crippen LogP contribution in [0, 0.1) is 0 Å². The first-order chi connectivity index (χ1) is 32.0. The second-order valence-electron chi connectivity index (χ2n) is 17.9. The van der Waals surface area contributed by atoms with Gasteiger partial charge in [0, 0.05) is 19.3 Å². The molecule has 0 radical (unpaired) electrons. The summed E-state index contributed by atoms with van der Waals surface area (Å²) in [6.07, 6.45) is 68.5. The minimum absolute atomic E-state index is 0.0868. The third-order valence-corrected chi connectivity index (χ3v) is 11.5. The van der Waals surface area contributed by atoms with Crippen molar-refractivity contribution in [3.8, 4) is 0 Å². The molecule has 0 rings (SSSR count). The summed E-state index contributed by atoms with van der Waals surface area (Å²) in [6, 6.07) is 0. The maximum atomic E-state index is 12.8. The van der Waals surface area contributed by atoms with Gasteiger partial charge in [-0.3, -0.25) is 14.4 Å². The maximum absolute atomic E-state index is 12.8. The molecule has 1 atom stereocenters. The lowest BCUT2D eigenvalue weighted by molar-refractivity contribution is -0.167. The molecule has 0 aliphatic rings. The topological polar surface area (TPSA) is 78.9 Å². The van der Waals surface area contributed by atoms with Crippen LogP contribution in [0.3, 0.4) is 0 Å². The Morgan fingerprint density at radius 3 is 1.11 bits per heavy atom. The standard InChI is InChI=1S/C59H100O6/c1-4-7-10-13-16-19-22-24-26-28-30-32-33-35-37-40-43-46-49-52-58(61)64-55-56(54-63-57(60)51-48-45-42-39-21-18-15-12-9-6-3)65-59(62)53-50-47-44-41-38-36-34-31-29-27-25-23-20-17-14-11-8-5-2/h7,10,16-17,19-20,23-27,29,31,34,56H,4-6,8-9,11-15,18,21-22,28,30,32-33,35-55H2,1-3H3/b10-7-,19-16-,20-17-,25-23-,26-24-,29-27-,34-31-. The van der Waals surface area contributed by atoms with E-state index in [-0.39, 0.29) is 31.1 Å². The van der Waals surface area contributed by atoms with Gasteiger partial charge in [0.05, 0.1) is 0 Å². The Labute approximate surface area is 401 Å². The number of unbranched alkanes of at least 4 members (excludes halogenated alkanes) is 26. The van der Waals surface area contributed by atoms with Crippen molar-refractivity contribution in [3.63, 3.8) is 0 Å². The van der Waals surface area contributed by atoms with Crippen LogP contribution in [-0.4, -0.2) is 37.2 Å². The predicted octanol–water partition coefficient (Wildman–Crippen LogP) is 18.0. The molecule has 0 aromatic heterocycles. The van der Waals surface area contributed by atoms with E-state index in [4.69, 9.17) is 14.2 Å². The Hall–Kier alpha value is -3.41. The molecular weight excluding hydrogens is 805 g/mol. The minimum atomic E-state index is -0.789. The summed E-state index contributed by atoms with van der Waals surface area (Å²) in [5.74, 6) is -0.914. The van der Waals surface area contributed by atoms with E-state index >= 15 is 0 Å². The maximum Gasteiger partial charge on any atom is 0.306 e. The molecule has 0 N–H and O–H groups in total. The van der Waals surface area contributed by atoms with Crippen molar-refractivity contribution in [1.82, 2.24) is 0 Å². The van der Waals surface area contributed by atoms with Crippen molar-refractivity contribution in [2.24, 2.45) is 0 Å². The van der Waals surface area contributed by atoms with Crippen LogP contribution in [0.2, 0.25) is 0 Å². The van der Waals surface area contributed by atoms with Gasteiger partial charge in [0.2, 0.25) is 0 Å². The van der Waals surface area contributed by atoms with Crippen molar-refractivity contribution in [2.75, 3.05) is 13.2 Å². The first kappa shape index (κ1) is 61.6. The first-order valence-electron chi connectivity index (χ1n) is 27.1. The molecule has 0 saturated heterocycles. The lowest BCUT2D eigenvalue weighted by Gasteiger charge is -2.18. The van der Waals surface area contributed by atoms with Crippen molar-refractivity contribution in [2.45, 2.75) is 258 Å². The van der Waals surface area contributed by atoms with Crippen molar-refractivity contribution < 1.29 is 28.6 Å². The van der Waals surface area contributed by atoms with Gasteiger partial charge in [-0.25, -0.2) is 0 Å². The van der Waals surface area contributed by atoms with Crippen LogP contribution in [0.15, 0.2) is 85.1 Å². The Morgan fingerprint density at radius 1 is 0.338 bits per heavy atom. The number of carbonyl (C=O) groups is 3. The highest BCUT2D eigenvalue weighted by molar-refractivity contribution is 5.71. The SMILES string of the molecule is CC/C=C\C/C=C\C/C=C\CCCCCCCCCCCC(=O)OCC(COC(=O)CCCCCCCCCCCC)OC(=O)CCCCCCC\C=C/C=C\C=C/C=C\CCCCC. The summed E-state index contributed by atoms with van der Waals surface area (Å²) in [7, 11) is 0. The average Bonchev–Trinajstić information content (AvgIpc) is 3.30. The molecule has 0 aromatic carbocycles. The number of hydrogen-bond acceptors (Lipinski definition) is 6. The van der Waals surface area contributed by atoms with Gasteiger partial charge in [-0.1, -0.05) is 241 Å². The number of rotatable bonds is 48. The van der Waals surface area contributed by atoms with Crippen LogP contribution in [0.25, 0.3) is 0 Å². The van der Waals surface area contributed by atoms with E-state index in [1.165, 1.54) is 109 Å². The molecular formula is C59H100O6. The van der Waals surface area contributed by atoms with Crippen LogP contribution in [-0.2, 0) is 28.6 Å². The van der Waals surface area contributed by atoms with Crippen LogP contribution in [0.5, 0.6) is 0 Å². The third kappa shape index (κ3) is 51.4. The fourth-order valence-electron chi connectivity index (χ4n) is 7.41. The number of allylic oxidation sites excluding steroid dienone is 14. The molecule has 372 valence electrons. The number of hydrogen-bond donors (Lipinski definition) is 0. The molecule has 65 heavy (non-hydrogen) atoms. The second-order valence-corrected chi connectivity index (χ2v) is 17.9. The highest BCUT2D eigenvalue weighted by Gasteiger charge is 2.19. The van der Waals surface area contributed by atoms with Gasteiger partial charge in [-0.15, -0.1) is 0 Å². The summed E-state index contributed by atoms with van der Waals surface area (Å²) >= 11 is 0. The van der Waals surface area contributed by atoms with Gasteiger partial charge in [0.1, 0.15) is 13.2 Å². The highest BCUT2D eigenvalue weighted by Crippen LogP contribution is 2.15. The monoisotopic (exact) mass is 905 g/mol. The average molecular weight is 905 g/mol. The van der Waals surface area contributed by atoms with Gasteiger partial charge in [0.25, 0.3) is 0 Å². The van der Waals surface area contributed by atoms with Crippen LogP contribution in [0.1, 0.15) is 252 Å². The van der Waals surface area contributed by atoms with E-state index < -0.39 is 6.10 Å². The van der Waals surface area contributed by atoms with Gasteiger partial charge in [0.15, 0.2) is 6.10 Å². The van der Waals surface area contributed by atoms with E-state index in [9.17, 15) is 14.4 Å². The fourth-order valence-corrected chi connectivity index (χ4v) is 7.41. The normalized spacial score (nSPS) is 12.7. The first-order valence-corrected chi connectivity index (χ1v) is 27.1. The van der Waals surface area contributed by atoms with Gasteiger partial charge in [-0.2, -0.15) is 0 Å². The fraction of sp³-hybridized carbons (Fsp3) is 0.712. The van der Waals surface area contributed by atoms with Crippen LogP contribution < -0.4 is 0 Å². The van der Waals surface area contributed by atoms with Crippen LogP contribution >= 0.6 is 0 Å². The molecule has 0 aromatic rings. The van der Waals surface area contributed by atoms with E-state index in [0.717, 1.165) is 103 Å². The molecule has 0 aliphatic heterocycles. The smallest absolute Gasteiger partial charge is 0.306 e. The lowest BCUT2D eigenvalue weighted by atomic mass is 10.1. The third-order valence-electron chi connectivity index (χ3n) is 11.5. The Balaban J connectivity index is 4.39. The zero-order chi connectivity index (χ0) is 47.2. The highest BCUT2D eigenvalue weighted by atomic mass is 16.6. The van der Waals surface area contributed by atoms with Crippen molar-refractivity contribution in [3.05, 3.63) is 85.1 Å². The van der Waals surface area contributed by atoms with E-state index in [2.05, 4.69) is 106 Å². The Morgan fingerprint density at radius 2 is 0.662 bits per heavy atom. The van der Waals surface area contributed by atoms with E-state index in [1.54, 1.807) is 0 Å². The predicted molar refractivity (Wildman–Crippen MR) is 279 cm³/mol. The minimum Gasteiger partial charge on any atom is -0.462 e. The molecule has 0 heterocycles. The molecule has 0 spiro atoms. The quantitative estimate of drug-likeness (QED) is 0.0199. The van der Waals surface area contributed by atoms with Gasteiger partial charge >= 0.3 is 17.9 Å². The zero-order valence-corrected chi connectivity index (χ0v) is 42.5. The second kappa shape index (κ2) is 53.2. The summed E-state index contributed by atoms with van der Waals surface area (Å²) in [6.45, 7) is 6.46. The summed E-state index contributed by atoms with van der Waals surface area (Å²) in [5, 5.41) is 0. The Kier molecular flexibility index (Phi) is 50.4.